The van der Waals surface area contributed by atoms with Crippen molar-refractivity contribution in [1.82, 2.24) is 24.6 Å². The first-order chi connectivity index (χ1) is 18.9. The third-order valence-corrected chi connectivity index (χ3v) is 7.49. The number of benzene rings is 1. The summed E-state index contributed by atoms with van der Waals surface area (Å²) in [5.41, 5.74) is 6.41. The highest BCUT2D eigenvalue weighted by molar-refractivity contribution is 7.52. The second kappa shape index (κ2) is 12.0. The minimum Gasteiger partial charge on any atom is -0.462 e. The van der Waals surface area contributed by atoms with E-state index in [1.54, 1.807) is 63.2 Å². The molecular formula is C24H33FN7O7P. The van der Waals surface area contributed by atoms with Crippen LogP contribution in [0.2, 0.25) is 0 Å². The molecule has 4 rings (SSSR count). The highest BCUT2D eigenvalue weighted by Gasteiger charge is 2.47. The molecule has 2 aromatic heterocycles. The minimum absolute atomic E-state index is 0.0537. The molecule has 0 saturated carbocycles. The molecule has 1 aliphatic heterocycles. The van der Waals surface area contributed by atoms with E-state index in [0.29, 0.717) is 11.3 Å². The molecule has 0 aliphatic carbocycles. The van der Waals surface area contributed by atoms with Gasteiger partial charge < -0.3 is 29.7 Å². The summed E-state index contributed by atoms with van der Waals surface area (Å²) >= 11 is 0. The van der Waals surface area contributed by atoms with Crippen LogP contribution in [0, 0.1) is 0 Å². The van der Waals surface area contributed by atoms with Crippen molar-refractivity contribution in [2.75, 3.05) is 31.3 Å². The zero-order valence-corrected chi connectivity index (χ0v) is 23.6. The topological polar surface area (TPSA) is 176 Å². The molecule has 0 radical (unpaired) electrons. The summed E-state index contributed by atoms with van der Waals surface area (Å²) in [6.07, 6.45) is -5.29. The number of aliphatic hydroxyl groups is 1. The van der Waals surface area contributed by atoms with E-state index in [1.165, 1.54) is 17.8 Å². The third kappa shape index (κ3) is 6.50. The smallest absolute Gasteiger partial charge is 0.459 e. The number of nitrogen functional groups attached to an aromatic ring is 1. The van der Waals surface area contributed by atoms with Crippen LogP contribution < -0.4 is 20.2 Å². The largest absolute Gasteiger partial charge is 0.462 e. The number of imidazole rings is 1. The van der Waals surface area contributed by atoms with Gasteiger partial charge in [0.15, 0.2) is 29.4 Å². The molecule has 3 aromatic rings. The van der Waals surface area contributed by atoms with Gasteiger partial charge in [-0.2, -0.15) is 15.1 Å². The number of aliphatic hydroxyl groups excluding tert-OH is 1. The van der Waals surface area contributed by atoms with Crippen molar-refractivity contribution in [1.29, 1.82) is 0 Å². The Morgan fingerprint density at radius 2 is 1.98 bits per heavy atom. The standard InChI is InChI=1S/C24H33FN7O7P/c1-13(2)37-23(34)14(3)30-40(35,39-15-9-7-6-8-10-15)36-11-16-19(33)17(25)22(38-16)32-12-27-18-20(31(4)5)28-24(26)29-21(18)32/h6-10,12-14,16-17,19,22,33H,11H2,1-5H3,(H,30,35)(H2,26,28,29)/t14-,16-,17-,19-,22-,40-/m1/s1. The maximum absolute atomic E-state index is 15.3. The van der Waals surface area contributed by atoms with Gasteiger partial charge in [0.25, 0.3) is 0 Å². The van der Waals surface area contributed by atoms with Crippen LogP contribution in [0.4, 0.5) is 16.2 Å². The number of rotatable bonds is 11. The fourth-order valence-electron chi connectivity index (χ4n) is 3.99. The van der Waals surface area contributed by atoms with Crippen LogP contribution in [-0.2, 0) is 23.4 Å². The van der Waals surface area contributed by atoms with Crippen LogP contribution in [0.3, 0.4) is 0 Å². The van der Waals surface area contributed by atoms with Gasteiger partial charge in [0.1, 0.15) is 24.0 Å². The van der Waals surface area contributed by atoms with Crippen molar-refractivity contribution in [2.24, 2.45) is 0 Å². The van der Waals surface area contributed by atoms with Crippen LogP contribution in [-0.4, -0.2) is 81.8 Å². The van der Waals surface area contributed by atoms with Crippen LogP contribution >= 0.6 is 7.75 Å². The van der Waals surface area contributed by atoms with Crippen molar-refractivity contribution in [2.45, 2.75) is 57.5 Å². The van der Waals surface area contributed by atoms with E-state index in [0.717, 1.165) is 0 Å². The van der Waals surface area contributed by atoms with Crippen LogP contribution in [0.15, 0.2) is 36.7 Å². The van der Waals surface area contributed by atoms with E-state index in [9.17, 15) is 14.5 Å². The van der Waals surface area contributed by atoms with Gasteiger partial charge in [-0.3, -0.25) is 13.9 Å². The number of aromatic nitrogens is 4. The quantitative estimate of drug-likeness (QED) is 0.222. The number of nitrogens with one attached hydrogen (secondary N) is 1. The maximum Gasteiger partial charge on any atom is 0.459 e. The number of esters is 1. The van der Waals surface area contributed by atoms with E-state index in [2.05, 4.69) is 20.0 Å². The Balaban J connectivity index is 1.53. The van der Waals surface area contributed by atoms with Crippen molar-refractivity contribution < 1.29 is 37.4 Å². The Bertz CT molecular complexity index is 1380. The first kappa shape index (κ1) is 29.6. The maximum atomic E-state index is 15.3. The van der Waals surface area contributed by atoms with Crippen LogP contribution in [0.5, 0.6) is 5.75 Å². The minimum atomic E-state index is -4.26. The number of halogens is 1. The first-order valence-electron chi connectivity index (χ1n) is 12.5. The molecular weight excluding hydrogens is 548 g/mol. The molecule has 14 nitrogen and oxygen atoms in total. The summed E-state index contributed by atoms with van der Waals surface area (Å²) in [5.74, 6) is -0.120. The van der Waals surface area contributed by atoms with Crippen molar-refractivity contribution in [3.63, 3.8) is 0 Å². The monoisotopic (exact) mass is 581 g/mol. The van der Waals surface area contributed by atoms with E-state index < -0.39 is 57.1 Å². The number of anilines is 2. The molecule has 1 fully saturated rings. The number of fused-ring (bicyclic) bond motifs is 1. The van der Waals surface area contributed by atoms with Gasteiger partial charge in [-0.25, -0.2) is 13.9 Å². The van der Waals surface area contributed by atoms with Gasteiger partial charge in [0, 0.05) is 14.1 Å². The molecule has 0 spiro atoms. The van der Waals surface area contributed by atoms with E-state index in [1.807, 2.05) is 0 Å². The highest BCUT2D eigenvalue weighted by atomic mass is 31.2. The molecule has 0 amide bonds. The number of nitrogens with zero attached hydrogens (tertiary/aromatic N) is 5. The molecule has 16 heteroatoms. The van der Waals surface area contributed by atoms with Crippen LogP contribution in [0.1, 0.15) is 27.0 Å². The number of hydrogen-bond acceptors (Lipinski definition) is 12. The van der Waals surface area contributed by atoms with Crippen molar-refractivity contribution >= 4 is 36.6 Å². The summed E-state index contributed by atoms with van der Waals surface area (Å²) in [7, 11) is -0.773. The predicted molar refractivity (Wildman–Crippen MR) is 143 cm³/mol. The summed E-state index contributed by atoms with van der Waals surface area (Å²) in [6, 6.07) is 7.06. The van der Waals surface area contributed by atoms with Gasteiger partial charge >= 0.3 is 13.7 Å². The summed E-state index contributed by atoms with van der Waals surface area (Å²) in [4.78, 5) is 26.6. The van der Waals surface area contributed by atoms with Gasteiger partial charge in [-0.1, -0.05) is 18.2 Å². The third-order valence-electron chi connectivity index (χ3n) is 5.85. The number of carbonyl (C=O) groups excluding carboxylic acids is 1. The number of ether oxygens (including phenoxy) is 2. The molecule has 0 bridgehead atoms. The Morgan fingerprint density at radius 3 is 2.62 bits per heavy atom. The van der Waals surface area contributed by atoms with Crippen LogP contribution in [0.25, 0.3) is 11.2 Å². The first-order valence-corrected chi connectivity index (χ1v) is 14.0. The molecule has 1 aliphatic rings. The molecule has 218 valence electrons. The second-order valence-electron chi connectivity index (χ2n) is 9.66. The molecule has 6 atom stereocenters. The van der Waals surface area contributed by atoms with Gasteiger partial charge in [-0.05, 0) is 32.9 Å². The fourth-order valence-corrected chi connectivity index (χ4v) is 5.49. The van der Waals surface area contributed by atoms with E-state index in [-0.39, 0.29) is 17.3 Å². The lowest BCUT2D eigenvalue weighted by Crippen LogP contribution is -2.37. The zero-order valence-electron chi connectivity index (χ0n) is 22.7. The van der Waals surface area contributed by atoms with Crippen molar-refractivity contribution in [3.8, 4) is 5.75 Å². The molecule has 1 aromatic carbocycles. The van der Waals surface area contributed by atoms with Gasteiger partial charge in [0.2, 0.25) is 5.95 Å². The number of hydrogen-bond donors (Lipinski definition) is 3. The SMILES string of the molecule is CC(C)OC(=O)[C@@H](C)N[P@@](=O)(OC[C@H]1O[C@@H](n2cnc3c(N(C)C)nc(N)nc32)[C@H](F)[C@@H]1O)Oc1ccccc1. The Hall–Kier alpha value is -3.36. The normalized spacial score (nSPS) is 23.2. The average Bonchev–Trinajstić information content (AvgIpc) is 3.42. The highest BCUT2D eigenvalue weighted by Crippen LogP contribution is 2.46. The molecule has 40 heavy (non-hydrogen) atoms. The zero-order chi connectivity index (χ0) is 29.2. The summed E-state index contributed by atoms with van der Waals surface area (Å²) < 4.78 is 52.5. The number of carbonyl (C=O) groups is 1. The second-order valence-corrected chi connectivity index (χ2v) is 11.4. The molecule has 4 N–H and O–H groups in total. The number of para-hydroxylation sites is 1. The molecule has 0 unspecified atom stereocenters. The fraction of sp³-hybridized carbons (Fsp3) is 0.500. The summed E-state index contributed by atoms with van der Waals surface area (Å²) in [5, 5.41) is 13.2. The Labute approximate surface area is 230 Å². The Morgan fingerprint density at radius 1 is 1.27 bits per heavy atom. The Kier molecular flexibility index (Phi) is 8.90. The molecule has 1 saturated heterocycles. The lowest BCUT2D eigenvalue weighted by atomic mass is 10.1. The van der Waals surface area contributed by atoms with Gasteiger partial charge in [0.05, 0.1) is 19.0 Å². The van der Waals surface area contributed by atoms with E-state index >= 15 is 4.39 Å². The van der Waals surface area contributed by atoms with Gasteiger partial charge in [-0.15, -0.1) is 0 Å². The average molecular weight is 582 g/mol. The van der Waals surface area contributed by atoms with E-state index in [4.69, 9.17) is 24.3 Å². The number of alkyl halides is 1. The lowest BCUT2D eigenvalue weighted by Gasteiger charge is -2.25. The lowest BCUT2D eigenvalue weighted by molar-refractivity contribution is -0.149. The predicted octanol–water partition coefficient (Wildman–Crippen LogP) is 2.20. The molecule has 3 heterocycles. The van der Waals surface area contributed by atoms with Crippen molar-refractivity contribution in [3.05, 3.63) is 36.7 Å². The summed E-state index contributed by atoms with van der Waals surface area (Å²) in [6.45, 7) is 4.24. The number of nitrogens with two attached hydrogens (primary N) is 1.